The van der Waals surface area contributed by atoms with Gasteiger partial charge in [0.05, 0.1) is 0 Å². The van der Waals surface area contributed by atoms with Crippen LogP contribution < -0.4 is 5.32 Å². The van der Waals surface area contributed by atoms with Crippen molar-refractivity contribution >= 4 is 10.0 Å². The molecular weight excluding hydrogens is 286 g/mol. The van der Waals surface area contributed by atoms with Crippen LogP contribution in [0.15, 0.2) is 17.2 Å². The minimum Gasteiger partial charge on any atom is -0.346 e. The SMILES string of the molecule is CCCNCc1cc(S(=O)(=O)N(C)CCC)cn1C(C)C. The predicted octanol–water partition coefficient (Wildman–Crippen LogP) is 2.60. The standard InChI is InChI=1S/C15H29N3O2S/c1-6-8-16-11-14-10-15(12-18(14)13(3)4)21(19,20)17(5)9-7-2/h10,12-13,16H,6-9,11H2,1-5H3. The molecule has 1 heterocycles. The molecule has 0 unspecified atom stereocenters. The van der Waals surface area contributed by atoms with E-state index in [-0.39, 0.29) is 6.04 Å². The molecule has 6 heteroatoms. The van der Waals surface area contributed by atoms with Crippen LogP contribution in [-0.2, 0) is 16.6 Å². The van der Waals surface area contributed by atoms with Gasteiger partial charge in [0.25, 0.3) is 0 Å². The number of hydrogen-bond donors (Lipinski definition) is 1. The van der Waals surface area contributed by atoms with Crippen LogP contribution in [0.5, 0.6) is 0 Å². The summed E-state index contributed by atoms with van der Waals surface area (Å²) in [6.45, 7) is 10.4. The summed E-state index contributed by atoms with van der Waals surface area (Å²) in [5.41, 5.74) is 1.02. The average molecular weight is 315 g/mol. The van der Waals surface area contributed by atoms with Crippen LogP contribution in [0.25, 0.3) is 0 Å². The molecule has 0 aliphatic carbocycles. The second-order valence-electron chi connectivity index (χ2n) is 5.67. The highest BCUT2D eigenvalue weighted by atomic mass is 32.2. The summed E-state index contributed by atoms with van der Waals surface area (Å²) < 4.78 is 28.5. The molecule has 0 saturated carbocycles. The Hall–Kier alpha value is -0.850. The molecule has 1 rings (SSSR count). The van der Waals surface area contributed by atoms with E-state index in [2.05, 4.69) is 26.1 Å². The molecule has 21 heavy (non-hydrogen) atoms. The maximum Gasteiger partial charge on any atom is 0.244 e. The molecule has 0 amide bonds. The number of nitrogens with one attached hydrogen (secondary N) is 1. The first-order valence-corrected chi connectivity index (χ1v) is 9.16. The summed E-state index contributed by atoms with van der Waals surface area (Å²) in [5, 5.41) is 3.34. The molecule has 0 bridgehead atoms. The summed E-state index contributed by atoms with van der Waals surface area (Å²) >= 11 is 0. The molecule has 5 nitrogen and oxygen atoms in total. The molecule has 0 atom stereocenters. The zero-order chi connectivity index (χ0) is 16.0. The Morgan fingerprint density at radius 2 is 1.95 bits per heavy atom. The van der Waals surface area contributed by atoms with Crippen LogP contribution in [0.3, 0.4) is 0 Å². The number of nitrogens with zero attached hydrogens (tertiary/aromatic N) is 2. The molecule has 0 saturated heterocycles. The molecule has 0 radical (unpaired) electrons. The van der Waals surface area contributed by atoms with Gasteiger partial charge < -0.3 is 9.88 Å². The van der Waals surface area contributed by atoms with Gasteiger partial charge in [-0.15, -0.1) is 0 Å². The maximum atomic E-state index is 12.5. The van der Waals surface area contributed by atoms with Gasteiger partial charge in [-0.1, -0.05) is 13.8 Å². The molecule has 0 fully saturated rings. The number of rotatable bonds is 9. The van der Waals surface area contributed by atoms with Crippen molar-refractivity contribution in [3.05, 3.63) is 18.0 Å². The fourth-order valence-electron chi connectivity index (χ4n) is 2.27. The van der Waals surface area contributed by atoms with Gasteiger partial charge in [-0.3, -0.25) is 0 Å². The first-order chi connectivity index (χ1) is 9.84. The number of hydrogen-bond acceptors (Lipinski definition) is 3. The van der Waals surface area contributed by atoms with Crippen molar-refractivity contribution in [1.29, 1.82) is 0 Å². The average Bonchev–Trinajstić information content (AvgIpc) is 2.84. The van der Waals surface area contributed by atoms with Gasteiger partial charge >= 0.3 is 0 Å². The van der Waals surface area contributed by atoms with Gasteiger partial charge in [0.1, 0.15) is 4.90 Å². The van der Waals surface area contributed by atoms with Crippen molar-refractivity contribution in [3.8, 4) is 0 Å². The molecule has 0 spiro atoms. The topological polar surface area (TPSA) is 54.3 Å². The minimum atomic E-state index is -3.38. The van der Waals surface area contributed by atoms with Crippen LogP contribution in [0.1, 0.15) is 52.3 Å². The summed E-state index contributed by atoms with van der Waals surface area (Å²) in [5.74, 6) is 0. The summed E-state index contributed by atoms with van der Waals surface area (Å²) in [6.07, 6.45) is 3.63. The zero-order valence-corrected chi connectivity index (χ0v) is 14.7. The van der Waals surface area contributed by atoms with Crippen LogP contribution >= 0.6 is 0 Å². The Labute approximate surface area is 129 Å². The highest BCUT2D eigenvalue weighted by Crippen LogP contribution is 2.21. The lowest BCUT2D eigenvalue weighted by Gasteiger charge is -2.15. The lowest BCUT2D eigenvalue weighted by molar-refractivity contribution is 0.468. The largest absolute Gasteiger partial charge is 0.346 e. The quantitative estimate of drug-likeness (QED) is 0.713. The summed E-state index contributed by atoms with van der Waals surface area (Å²) in [6, 6.07) is 2.04. The van der Waals surface area contributed by atoms with E-state index in [1.807, 2.05) is 11.5 Å². The van der Waals surface area contributed by atoms with Crippen molar-refractivity contribution < 1.29 is 8.42 Å². The van der Waals surface area contributed by atoms with Crippen molar-refractivity contribution in [1.82, 2.24) is 14.2 Å². The molecule has 122 valence electrons. The Balaban J connectivity index is 3.06. The first-order valence-electron chi connectivity index (χ1n) is 7.72. The van der Waals surface area contributed by atoms with E-state index in [9.17, 15) is 8.42 Å². The van der Waals surface area contributed by atoms with Crippen molar-refractivity contribution in [3.63, 3.8) is 0 Å². The Morgan fingerprint density at radius 1 is 1.29 bits per heavy atom. The number of aromatic nitrogens is 1. The molecule has 1 aromatic heterocycles. The lowest BCUT2D eigenvalue weighted by atomic mass is 10.3. The third-order valence-corrected chi connectivity index (χ3v) is 5.26. The first kappa shape index (κ1) is 18.2. The van der Waals surface area contributed by atoms with Crippen LogP contribution in [-0.4, -0.2) is 37.4 Å². The highest BCUT2D eigenvalue weighted by Gasteiger charge is 2.23. The van der Waals surface area contributed by atoms with Gasteiger partial charge in [-0.2, -0.15) is 0 Å². The number of sulfonamides is 1. The van der Waals surface area contributed by atoms with Crippen molar-refractivity contribution in [2.75, 3.05) is 20.1 Å². The van der Waals surface area contributed by atoms with E-state index in [0.717, 1.165) is 25.1 Å². The van der Waals surface area contributed by atoms with E-state index in [1.165, 1.54) is 4.31 Å². The van der Waals surface area contributed by atoms with Crippen molar-refractivity contribution in [2.45, 2.75) is 58.0 Å². The summed E-state index contributed by atoms with van der Waals surface area (Å²) in [7, 11) is -1.74. The maximum absolute atomic E-state index is 12.5. The monoisotopic (exact) mass is 315 g/mol. The van der Waals surface area contributed by atoms with Gasteiger partial charge in [-0.05, 0) is 39.3 Å². The third kappa shape index (κ3) is 4.56. The van der Waals surface area contributed by atoms with Crippen LogP contribution in [0.2, 0.25) is 0 Å². The highest BCUT2D eigenvalue weighted by molar-refractivity contribution is 7.89. The minimum absolute atomic E-state index is 0.240. The van der Waals surface area contributed by atoms with Gasteiger partial charge in [0.15, 0.2) is 0 Å². The predicted molar refractivity (Wildman–Crippen MR) is 86.9 cm³/mol. The Morgan fingerprint density at radius 3 is 2.48 bits per heavy atom. The second-order valence-corrected chi connectivity index (χ2v) is 7.72. The second kappa shape index (κ2) is 7.96. The van der Waals surface area contributed by atoms with Crippen LogP contribution in [0.4, 0.5) is 0 Å². The lowest BCUT2D eigenvalue weighted by Crippen LogP contribution is -2.27. The Bertz CT molecular complexity index is 535. The third-order valence-electron chi connectivity index (χ3n) is 3.44. The van der Waals surface area contributed by atoms with E-state index < -0.39 is 10.0 Å². The fourth-order valence-corrected chi connectivity index (χ4v) is 3.58. The molecule has 1 N–H and O–H groups in total. The Kier molecular flexibility index (Phi) is 6.90. The van der Waals surface area contributed by atoms with Gasteiger partial charge in [0, 0.05) is 38.1 Å². The van der Waals surface area contributed by atoms with Gasteiger partial charge in [0.2, 0.25) is 10.0 Å². The molecule has 0 aliphatic heterocycles. The van der Waals surface area contributed by atoms with Crippen molar-refractivity contribution in [2.24, 2.45) is 0 Å². The summed E-state index contributed by atoms with van der Waals surface area (Å²) in [4.78, 5) is 0.389. The van der Waals surface area contributed by atoms with E-state index >= 15 is 0 Å². The van der Waals surface area contributed by atoms with E-state index in [4.69, 9.17) is 0 Å². The van der Waals surface area contributed by atoms with E-state index in [1.54, 1.807) is 19.3 Å². The molecule has 0 aromatic carbocycles. The molecular formula is C15H29N3O2S. The zero-order valence-electron chi connectivity index (χ0n) is 13.9. The fraction of sp³-hybridized carbons (Fsp3) is 0.733. The smallest absolute Gasteiger partial charge is 0.244 e. The molecule has 0 aliphatic rings. The normalized spacial score (nSPS) is 12.5. The van der Waals surface area contributed by atoms with Crippen LogP contribution in [0, 0.1) is 0 Å². The van der Waals surface area contributed by atoms with E-state index in [0.29, 0.717) is 18.0 Å². The molecule has 1 aromatic rings. The van der Waals surface area contributed by atoms with Gasteiger partial charge in [-0.25, -0.2) is 12.7 Å².